The van der Waals surface area contributed by atoms with Crippen LogP contribution < -0.4 is 4.90 Å². The second kappa shape index (κ2) is 6.19. The third kappa shape index (κ3) is 3.22. The molecule has 98 valence electrons. The molecular formula is C17H19NO. The summed E-state index contributed by atoms with van der Waals surface area (Å²) < 4.78 is 0. The minimum Gasteiger partial charge on any atom is -0.375 e. The molecule has 0 amide bonds. The zero-order valence-electron chi connectivity index (χ0n) is 11.5. The molecule has 2 aromatic rings. The number of rotatable bonds is 5. The standard InChI is InChI=1S/C17H19NO/c1-3-13-18(2)16-11-9-15(10-12-16)17(19)14-7-5-4-6-8-14/h4-12H,3,13H2,1-2H3. The molecule has 0 N–H and O–H groups in total. The van der Waals surface area contributed by atoms with Gasteiger partial charge >= 0.3 is 0 Å². The van der Waals surface area contributed by atoms with Gasteiger partial charge in [0.2, 0.25) is 0 Å². The number of carbonyl (C=O) groups is 1. The van der Waals surface area contributed by atoms with E-state index in [9.17, 15) is 4.79 Å². The SMILES string of the molecule is CCCN(C)c1ccc(C(=O)c2ccccc2)cc1. The minimum atomic E-state index is 0.0743. The van der Waals surface area contributed by atoms with Gasteiger partial charge in [0.05, 0.1) is 0 Å². The van der Waals surface area contributed by atoms with E-state index in [-0.39, 0.29) is 5.78 Å². The molecule has 0 fully saturated rings. The molecule has 0 unspecified atom stereocenters. The van der Waals surface area contributed by atoms with E-state index in [0.29, 0.717) is 0 Å². The van der Waals surface area contributed by atoms with Crippen LogP contribution in [0.2, 0.25) is 0 Å². The topological polar surface area (TPSA) is 20.3 Å². The van der Waals surface area contributed by atoms with Gasteiger partial charge in [0.1, 0.15) is 0 Å². The Morgan fingerprint density at radius 3 is 2.11 bits per heavy atom. The lowest BCUT2D eigenvalue weighted by Gasteiger charge is -2.18. The highest BCUT2D eigenvalue weighted by Crippen LogP contribution is 2.16. The summed E-state index contributed by atoms with van der Waals surface area (Å²) in [7, 11) is 2.07. The summed E-state index contributed by atoms with van der Waals surface area (Å²) in [6, 6.07) is 17.2. The number of carbonyl (C=O) groups excluding carboxylic acids is 1. The number of nitrogens with zero attached hydrogens (tertiary/aromatic N) is 1. The Bertz CT molecular complexity index is 531. The summed E-state index contributed by atoms with van der Waals surface area (Å²) in [5, 5.41) is 0. The highest BCUT2D eigenvalue weighted by Gasteiger charge is 2.08. The van der Waals surface area contributed by atoms with E-state index in [1.807, 2.05) is 54.6 Å². The lowest BCUT2D eigenvalue weighted by molar-refractivity contribution is 0.103. The van der Waals surface area contributed by atoms with Gasteiger partial charge in [0.25, 0.3) is 0 Å². The van der Waals surface area contributed by atoms with Gasteiger partial charge in [-0.15, -0.1) is 0 Å². The van der Waals surface area contributed by atoms with Crippen LogP contribution in [0.1, 0.15) is 29.3 Å². The van der Waals surface area contributed by atoms with Crippen molar-refractivity contribution in [1.82, 2.24) is 0 Å². The molecule has 2 rings (SSSR count). The van der Waals surface area contributed by atoms with Gasteiger partial charge in [-0.05, 0) is 30.7 Å². The summed E-state index contributed by atoms with van der Waals surface area (Å²) in [4.78, 5) is 14.4. The molecule has 0 saturated carbocycles. The van der Waals surface area contributed by atoms with Gasteiger partial charge in [-0.3, -0.25) is 4.79 Å². The van der Waals surface area contributed by atoms with Crippen molar-refractivity contribution in [3.05, 3.63) is 65.7 Å². The number of anilines is 1. The fourth-order valence-corrected chi connectivity index (χ4v) is 2.09. The van der Waals surface area contributed by atoms with Gasteiger partial charge in [-0.2, -0.15) is 0 Å². The van der Waals surface area contributed by atoms with Crippen LogP contribution in [0.3, 0.4) is 0 Å². The Kier molecular flexibility index (Phi) is 4.35. The highest BCUT2D eigenvalue weighted by molar-refractivity contribution is 6.09. The first-order chi connectivity index (χ1) is 9.22. The fourth-order valence-electron chi connectivity index (χ4n) is 2.09. The summed E-state index contributed by atoms with van der Waals surface area (Å²) in [5.41, 5.74) is 2.61. The third-order valence-corrected chi connectivity index (χ3v) is 3.17. The van der Waals surface area contributed by atoms with E-state index in [1.165, 1.54) is 0 Å². The van der Waals surface area contributed by atoms with Crippen molar-refractivity contribution in [3.8, 4) is 0 Å². The average molecular weight is 253 g/mol. The van der Waals surface area contributed by atoms with E-state index < -0.39 is 0 Å². The second-order valence-electron chi connectivity index (χ2n) is 4.66. The molecule has 0 radical (unpaired) electrons. The molecule has 0 aliphatic carbocycles. The molecule has 0 aliphatic rings. The monoisotopic (exact) mass is 253 g/mol. The van der Waals surface area contributed by atoms with Gasteiger partial charge in [0, 0.05) is 30.4 Å². The Hall–Kier alpha value is -2.09. The highest BCUT2D eigenvalue weighted by atomic mass is 16.1. The second-order valence-corrected chi connectivity index (χ2v) is 4.66. The van der Waals surface area contributed by atoms with Crippen LogP contribution in [-0.4, -0.2) is 19.4 Å². The Morgan fingerprint density at radius 1 is 0.947 bits per heavy atom. The van der Waals surface area contributed by atoms with Crippen molar-refractivity contribution in [3.63, 3.8) is 0 Å². The predicted molar refractivity (Wildman–Crippen MR) is 79.9 cm³/mol. The largest absolute Gasteiger partial charge is 0.375 e. The van der Waals surface area contributed by atoms with Crippen LogP contribution in [-0.2, 0) is 0 Å². The number of hydrogen-bond acceptors (Lipinski definition) is 2. The van der Waals surface area contributed by atoms with Crippen molar-refractivity contribution in [2.75, 3.05) is 18.5 Å². The molecule has 2 heteroatoms. The maximum atomic E-state index is 12.2. The lowest BCUT2D eigenvalue weighted by atomic mass is 10.0. The van der Waals surface area contributed by atoms with Crippen LogP contribution in [0.5, 0.6) is 0 Å². The molecule has 0 aliphatic heterocycles. The molecule has 0 spiro atoms. The van der Waals surface area contributed by atoms with Gasteiger partial charge in [0.15, 0.2) is 5.78 Å². The lowest BCUT2D eigenvalue weighted by Crippen LogP contribution is -2.17. The van der Waals surface area contributed by atoms with Crippen molar-refractivity contribution < 1.29 is 4.79 Å². The minimum absolute atomic E-state index is 0.0743. The molecule has 0 heterocycles. The van der Waals surface area contributed by atoms with E-state index in [4.69, 9.17) is 0 Å². The van der Waals surface area contributed by atoms with Crippen LogP contribution in [0.15, 0.2) is 54.6 Å². The van der Waals surface area contributed by atoms with Crippen molar-refractivity contribution in [1.29, 1.82) is 0 Å². The molecule has 2 nitrogen and oxygen atoms in total. The first kappa shape index (κ1) is 13.3. The molecule has 0 atom stereocenters. The van der Waals surface area contributed by atoms with Crippen LogP contribution >= 0.6 is 0 Å². The molecule has 19 heavy (non-hydrogen) atoms. The van der Waals surface area contributed by atoms with Crippen LogP contribution in [0.25, 0.3) is 0 Å². The first-order valence-electron chi connectivity index (χ1n) is 6.63. The Morgan fingerprint density at radius 2 is 1.53 bits per heavy atom. The fraction of sp³-hybridized carbons (Fsp3) is 0.235. The van der Waals surface area contributed by atoms with E-state index in [0.717, 1.165) is 29.8 Å². The molecule has 0 aromatic heterocycles. The smallest absolute Gasteiger partial charge is 0.193 e. The summed E-state index contributed by atoms with van der Waals surface area (Å²) in [6.07, 6.45) is 1.11. The molecule has 0 bridgehead atoms. The third-order valence-electron chi connectivity index (χ3n) is 3.17. The van der Waals surface area contributed by atoms with E-state index in [2.05, 4.69) is 18.9 Å². The Balaban J connectivity index is 2.17. The van der Waals surface area contributed by atoms with Crippen molar-refractivity contribution in [2.24, 2.45) is 0 Å². The zero-order chi connectivity index (χ0) is 13.7. The van der Waals surface area contributed by atoms with E-state index in [1.54, 1.807) is 0 Å². The molecular weight excluding hydrogens is 234 g/mol. The number of hydrogen-bond donors (Lipinski definition) is 0. The first-order valence-corrected chi connectivity index (χ1v) is 6.63. The Labute approximate surface area is 114 Å². The van der Waals surface area contributed by atoms with Crippen molar-refractivity contribution >= 4 is 11.5 Å². The average Bonchev–Trinajstić information content (AvgIpc) is 2.48. The number of ketones is 1. The summed E-state index contributed by atoms with van der Waals surface area (Å²) in [5.74, 6) is 0.0743. The molecule has 0 saturated heterocycles. The van der Waals surface area contributed by atoms with Gasteiger partial charge in [-0.25, -0.2) is 0 Å². The number of benzene rings is 2. The van der Waals surface area contributed by atoms with Crippen molar-refractivity contribution in [2.45, 2.75) is 13.3 Å². The summed E-state index contributed by atoms with van der Waals surface area (Å²) in [6.45, 7) is 3.18. The predicted octanol–water partition coefficient (Wildman–Crippen LogP) is 3.76. The normalized spacial score (nSPS) is 10.2. The molecule has 2 aromatic carbocycles. The maximum absolute atomic E-state index is 12.2. The van der Waals surface area contributed by atoms with Gasteiger partial charge in [-0.1, -0.05) is 37.3 Å². The maximum Gasteiger partial charge on any atom is 0.193 e. The van der Waals surface area contributed by atoms with Gasteiger partial charge < -0.3 is 4.90 Å². The van der Waals surface area contributed by atoms with E-state index >= 15 is 0 Å². The van der Waals surface area contributed by atoms with Crippen LogP contribution in [0, 0.1) is 0 Å². The zero-order valence-corrected chi connectivity index (χ0v) is 11.5. The van der Waals surface area contributed by atoms with Crippen LogP contribution in [0.4, 0.5) is 5.69 Å². The summed E-state index contributed by atoms with van der Waals surface area (Å²) >= 11 is 0. The quantitative estimate of drug-likeness (QED) is 0.756.